The van der Waals surface area contributed by atoms with Crippen LogP contribution in [0.15, 0.2) is 66.7 Å². The monoisotopic (exact) mass is 486 g/mol. The minimum Gasteiger partial charge on any atom is -0.491 e. The molecule has 10 heteroatoms. The predicted octanol–water partition coefficient (Wildman–Crippen LogP) is 2.91. The number of hydrogen-bond donors (Lipinski definition) is 4. The van der Waals surface area contributed by atoms with Crippen LogP contribution in [0.4, 0.5) is 4.79 Å². The largest absolute Gasteiger partial charge is 0.491 e. The van der Waals surface area contributed by atoms with Gasteiger partial charge >= 0.3 is 6.09 Å². The highest BCUT2D eigenvalue weighted by Gasteiger charge is 2.28. The van der Waals surface area contributed by atoms with E-state index < -0.39 is 30.1 Å². The van der Waals surface area contributed by atoms with Gasteiger partial charge in [0.2, 0.25) is 0 Å². The number of amides is 3. The molecule has 0 saturated heterocycles. The fourth-order valence-corrected chi connectivity index (χ4v) is 3.23. The molecule has 0 spiro atoms. The number of nitrogens with one attached hydrogen (secondary N) is 2. The molecule has 0 aliphatic rings. The van der Waals surface area contributed by atoms with Crippen molar-refractivity contribution in [2.24, 2.45) is 0 Å². The van der Waals surface area contributed by atoms with E-state index in [-0.39, 0.29) is 13.2 Å². The summed E-state index contributed by atoms with van der Waals surface area (Å²) in [7, 11) is 0. The van der Waals surface area contributed by atoms with Gasteiger partial charge in [-0.25, -0.2) is 10.3 Å². The average molecular weight is 487 g/mol. The van der Waals surface area contributed by atoms with E-state index in [1.54, 1.807) is 67.6 Å². The first kappa shape index (κ1) is 27.5. The number of carbonyl (C=O) groups is 3. The van der Waals surface area contributed by atoms with Gasteiger partial charge in [0.05, 0.1) is 12.7 Å². The lowest BCUT2D eigenvalue weighted by molar-refractivity contribution is -0.124. The summed E-state index contributed by atoms with van der Waals surface area (Å²) in [5, 5.41) is 19.9. The zero-order valence-corrected chi connectivity index (χ0v) is 19.4. The molecule has 188 valence electrons. The first-order chi connectivity index (χ1) is 17.0. The van der Waals surface area contributed by atoms with E-state index in [4.69, 9.17) is 24.5 Å². The van der Waals surface area contributed by atoms with E-state index in [1.165, 1.54) is 11.6 Å². The van der Waals surface area contributed by atoms with E-state index in [2.05, 4.69) is 5.32 Å². The number of carbonyl (C=O) groups excluding carboxylic acids is 3. The molecule has 0 fully saturated rings. The number of hydrogen-bond acceptors (Lipinski definition) is 8. The Morgan fingerprint density at radius 1 is 1.09 bits per heavy atom. The van der Waals surface area contributed by atoms with E-state index >= 15 is 0 Å². The minimum atomic E-state index is -0.953. The van der Waals surface area contributed by atoms with Gasteiger partial charge in [-0.15, -0.1) is 0 Å². The molecule has 0 aliphatic carbocycles. The Bertz CT molecular complexity index is 980. The molecule has 0 heterocycles. The number of allylic oxidation sites excluding steroid dienone is 1. The summed E-state index contributed by atoms with van der Waals surface area (Å²) in [6, 6.07) is 15.0. The van der Waals surface area contributed by atoms with Crippen LogP contribution in [0.2, 0.25) is 0 Å². The summed E-state index contributed by atoms with van der Waals surface area (Å²) < 4.78 is 17.0. The molecule has 0 radical (unpaired) electrons. The lowest BCUT2D eigenvalue weighted by Crippen LogP contribution is -2.35. The zero-order chi connectivity index (χ0) is 25.5. The average Bonchev–Trinajstić information content (AvgIpc) is 2.88. The van der Waals surface area contributed by atoms with E-state index in [0.717, 1.165) is 0 Å². The van der Waals surface area contributed by atoms with Crippen LogP contribution in [0.25, 0.3) is 0 Å². The second kappa shape index (κ2) is 15.2. The summed E-state index contributed by atoms with van der Waals surface area (Å²) in [6.07, 6.45) is 0.953. The van der Waals surface area contributed by atoms with Gasteiger partial charge in [-0.05, 0) is 49.6 Å². The number of alkyl carbamates (subject to hydrolysis) is 1. The highest BCUT2D eigenvalue weighted by atomic mass is 16.6. The number of imide groups is 1. The van der Waals surface area contributed by atoms with Crippen LogP contribution in [0.5, 0.6) is 5.75 Å². The molecule has 2 aromatic carbocycles. The molecule has 0 bridgehead atoms. The normalized spacial score (nSPS) is 12.5. The fourth-order valence-electron chi connectivity index (χ4n) is 3.23. The number of aliphatic hydroxyl groups excluding tert-OH is 1. The molecule has 35 heavy (non-hydrogen) atoms. The smallest absolute Gasteiger partial charge is 0.414 e. The molecular weight excluding hydrogens is 456 g/mol. The Morgan fingerprint density at radius 2 is 1.86 bits per heavy atom. The standard InChI is InChI=1S/C25H30N2O8/c1-2-33-21(13-6-7-14-22(29)27-32)23(19-11-8-12-20(17-19)34-16-15-28)35-25(31)26-24(30)18-9-4-3-5-10-18/h3-5,7-12,14,17,21,23,28,32H,2,6,13,15-16H2,1H3,(H,27,29)(H,26,30,31)/b14-7+/t21-,23-/m0/s1. The van der Waals surface area contributed by atoms with Crippen molar-refractivity contribution in [2.75, 3.05) is 19.8 Å². The van der Waals surface area contributed by atoms with E-state index in [0.29, 0.717) is 36.3 Å². The number of benzene rings is 2. The van der Waals surface area contributed by atoms with Crippen molar-refractivity contribution >= 4 is 17.9 Å². The SMILES string of the molecule is CCO[C@@H](CC/C=C/C(=O)NO)[C@@H](OC(=O)NC(=O)c1ccccc1)c1cccc(OCCO)c1. The van der Waals surface area contributed by atoms with Crippen LogP contribution in [0.3, 0.4) is 0 Å². The third kappa shape index (κ3) is 9.57. The van der Waals surface area contributed by atoms with Crippen molar-refractivity contribution in [3.8, 4) is 5.75 Å². The number of aliphatic hydroxyl groups is 1. The molecule has 0 saturated carbocycles. The number of hydroxylamine groups is 1. The molecule has 3 amide bonds. The molecule has 2 atom stereocenters. The van der Waals surface area contributed by atoms with Crippen LogP contribution in [-0.2, 0) is 14.3 Å². The molecule has 10 nitrogen and oxygen atoms in total. The topological polar surface area (TPSA) is 143 Å². The van der Waals surface area contributed by atoms with Crippen molar-refractivity contribution in [3.05, 3.63) is 77.9 Å². The number of ether oxygens (including phenoxy) is 3. The van der Waals surface area contributed by atoms with Gasteiger partial charge in [0.1, 0.15) is 12.4 Å². The quantitative estimate of drug-likeness (QED) is 0.192. The van der Waals surface area contributed by atoms with Gasteiger partial charge in [-0.1, -0.05) is 36.4 Å². The predicted molar refractivity (Wildman–Crippen MR) is 126 cm³/mol. The Labute approximate surface area is 203 Å². The van der Waals surface area contributed by atoms with E-state index in [9.17, 15) is 14.4 Å². The van der Waals surface area contributed by atoms with Gasteiger partial charge in [0.15, 0.2) is 6.10 Å². The molecule has 2 rings (SSSR count). The van der Waals surface area contributed by atoms with Crippen molar-refractivity contribution < 1.29 is 38.9 Å². The Kier molecular flexibility index (Phi) is 12.0. The van der Waals surface area contributed by atoms with Gasteiger partial charge < -0.3 is 19.3 Å². The van der Waals surface area contributed by atoms with Crippen LogP contribution in [0.1, 0.15) is 41.8 Å². The van der Waals surface area contributed by atoms with Gasteiger partial charge in [0.25, 0.3) is 11.8 Å². The van der Waals surface area contributed by atoms with Crippen LogP contribution in [-0.4, -0.2) is 54.1 Å². The van der Waals surface area contributed by atoms with E-state index in [1.807, 2.05) is 0 Å². The van der Waals surface area contributed by atoms with Crippen molar-refractivity contribution in [3.63, 3.8) is 0 Å². The third-order valence-electron chi connectivity index (χ3n) is 4.75. The van der Waals surface area contributed by atoms with Gasteiger partial charge in [0, 0.05) is 18.2 Å². The van der Waals surface area contributed by atoms with Crippen LogP contribution < -0.4 is 15.5 Å². The van der Waals surface area contributed by atoms with Gasteiger partial charge in [-0.2, -0.15) is 0 Å². The molecule has 0 aromatic heterocycles. The highest BCUT2D eigenvalue weighted by Crippen LogP contribution is 2.29. The maximum absolute atomic E-state index is 12.7. The van der Waals surface area contributed by atoms with Crippen molar-refractivity contribution in [1.29, 1.82) is 0 Å². The Balaban J connectivity index is 2.24. The summed E-state index contributed by atoms with van der Waals surface area (Å²) >= 11 is 0. The second-order valence-corrected chi connectivity index (χ2v) is 7.24. The van der Waals surface area contributed by atoms with Crippen molar-refractivity contribution in [2.45, 2.75) is 32.0 Å². The first-order valence-corrected chi connectivity index (χ1v) is 11.1. The van der Waals surface area contributed by atoms with Crippen molar-refractivity contribution in [1.82, 2.24) is 10.8 Å². The lowest BCUT2D eigenvalue weighted by Gasteiger charge is -2.27. The fraction of sp³-hybridized carbons (Fsp3) is 0.320. The first-order valence-electron chi connectivity index (χ1n) is 11.1. The second-order valence-electron chi connectivity index (χ2n) is 7.24. The summed E-state index contributed by atoms with van der Waals surface area (Å²) in [6.45, 7) is 2.03. The maximum Gasteiger partial charge on any atom is 0.414 e. The Morgan fingerprint density at radius 3 is 2.54 bits per heavy atom. The number of rotatable bonds is 13. The minimum absolute atomic E-state index is 0.0909. The maximum atomic E-state index is 12.7. The summed E-state index contributed by atoms with van der Waals surface area (Å²) in [4.78, 5) is 36.3. The van der Waals surface area contributed by atoms with Gasteiger partial charge in [-0.3, -0.25) is 20.1 Å². The highest BCUT2D eigenvalue weighted by molar-refractivity contribution is 6.02. The summed E-state index contributed by atoms with van der Waals surface area (Å²) in [5.41, 5.74) is 2.36. The van der Waals surface area contributed by atoms with Crippen LogP contribution >= 0.6 is 0 Å². The molecule has 2 aromatic rings. The third-order valence-corrected chi connectivity index (χ3v) is 4.75. The molecule has 0 unspecified atom stereocenters. The zero-order valence-electron chi connectivity index (χ0n) is 19.4. The van der Waals surface area contributed by atoms with Crippen LogP contribution in [0, 0.1) is 0 Å². The Hall–Kier alpha value is -3.73. The molecule has 0 aliphatic heterocycles. The molecule has 4 N–H and O–H groups in total. The summed E-state index contributed by atoms with van der Waals surface area (Å²) in [5.74, 6) is -0.820. The molecular formula is C25H30N2O8. The lowest BCUT2D eigenvalue weighted by atomic mass is 10.00.